The summed E-state index contributed by atoms with van der Waals surface area (Å²) in [6, 6.07) is 0. The number of carbonyl (C=O) groups is 1. The van der Waals surface area contributed by atoms with Crippen LogP contribution in [0.1, 0.15) is 26.2 Å². The van der Waals surface area contributed by atoms with Gasteiger partial charge in [-0.2, -0.15) is 0 Å². The highest BCUT2D eigenvalue weighted by Gasteiger charge is 2.06. The Morgan fingerprint density at radius 3 is 2.94 bits per heavy atom. The molecule has 0 unspecified atom stereocenters. The Bertz CT molecular complexity index is 282. The number of hydrogen-bond acceptors (Lipinski definition) is 3. The highest BCUT2D eigenvalue weighted by atomic mass is 16.5. The lowest BCUT2D eigenvalue weighted by molar-refractivity contribution is -0.143. The summed E-state index contributed by atoms with van der Waals surface area (Å²) in [6.45, 7) is 3.97. The zero-order valence-corrected chi connectivity index (χ0v) is 10.2. The minimum Gasteiger partial charge on any atom is -0.466 e. The molecule has 0 bridgehead atoms. The third kappa shape index (κ3) is 5.12. The third-order valence-electron chi connectivity index (χ3n) is 2.53. The van der Waals surface area contributed by atoms with E-state index < -0.39 is 0 Å². The molecule has 0 aromatic rings. The number of likely N-dealkylation sites (N-methyl/N-ethyl adjacent to an activating group) is 1. The topological polar surface area (TPSA) is 29.5 Å². The fourth-order valence-corrected chi connectivity index (χ4v) is 1.69. The van der Waals surface area contributed by atoms with Crippen molar-refractivity contribution < 1.29 is 9.53 Å². The molecule has 0 heterocycles. The highest BCUT2D eigenvalue weighted by Crippen LogP contribution is 2.10. The molecule has 3 heteroatoms. The monoisotopic (exact) mass is 223 g/mol. The van der Waals surface area contributed by atoms with Gasteiger partial charge in [-0.25, -0.2) is 0 Å². The van der Waals surface area contributed by atoms with Gasteiger partial charge in [-0.15, -0.1) is 0 Å². The summed E-state index contributed by atoms with van der Waals surface area (Å²) in [6.07, 6.45) is 9.40. The van der Waals surface area contributed by atoms with Gasteiger partial charge in [0.25, 0.3) is 0 Å². The number of rotatable bonds is 6. The van der Waals surface area contributed by atoms with Gasteiger partial charge in [-0.05, 0) is 32.4 Å². The number of allylic oxidation sites excluding steroid dienone is 2. The van der Waals surface area contributed by atoms with Crippen molar-refractivity contribution in [1.82, 2.24) is 4.90 Å². The standard InChI is InChI=1S/C13H21NO2/c1-3-16-13(15)9-10-14(2)11-12-7-5-4-6-8-12/h5,7-8H,3-4,6,9-11H2,1-2H3. The molecule has 1 aliphatic carbocycles. The van der Waals surface area contributed by atoms with E-state index in [1.54, 1.807) is 0 Å². The Balaban J connectivity index is 2.20. The lowest BCUT2D eigenvalue weighted by Crippen LogP contribution is -2.24. The van der Waals surface area contributed by atoms with Gasteiger partial charge in [0.1, 0.15) is 0 Å². The number of nitrogens with zero attached hydrogens (tertiary/aromatic N) is 1. The first-order valence-electron chi connectivity index (χ1n) is 5.92. The van der Waals surface area contributed by atoms with Crippen LogP contribution < -0.4 is 0 Å². The quantitative estimate of drug-likeness (QED) is 0.646. The molecule has 0 fully saturated rings. The molecule has 0 aliphatic heterocycles. The Kier molecular flexibility index (Phi) is 5.86. The molecule has 0 atom stereocenters. The Hall–Kier alpha value is -1.09. The van der Waals surface area contributed by atoms with E-state index in [1.165, 1.54) is 5.57 Å². The number of ether oxygens (including phenoxy) is 1. The second-order valence-electron chi connectivity index (χ2n) is 4.05. The molecule has 0 radical (unpaired) electrons. The SMILES string of the molecule is CCOC(=O)CCN(C)CC1=CCCC=C1. The van der Waals surface area contributed by atoms with Gasteiger partial charge in [0, 0.05) is 13.1 Å². The fraction of sp³-hybridized carbons (Fsp3) is 0.615. The summed E-state index contributed by atoms with van der Waals surface area (Å²) in [7, 11) is 2.03. The Morgan fingerprint density at radius 2 is 2.31 bits per heavy atom. The molecule has 0 saturated carbocycles. The van der Waals surface area contributed by atoms with E-state index in [0.717, 1.165) is 25.9 Å². The second-order valence-corrected chi connectivity index (χ2v) is 4.05. The number of esters is 1. The summed E-state index contributed by atoms with van der Waals surface area (Å²) >= 11 is 0. The second kappa shape index (κ2) is 7.23. The van der Waals surface area contributed by atoms with Gasteiger partial charge >= 0.3 is 5.97 Å². The first kappa shape index (κ1) is 13.0. The van der Waals surface area contributed by atoms with E-state index >= 15 is 0 Å². The average Bonchev–Trinajstić information content (AvgIpc) is 2.28. The summed E-state index contributed by atoms with van der Waals surface area (Å²) in [4.78, 5) is 13.3. The smallest absolute Gasteiger partial charge is 0.307 e. The van der Waals surface area contributed by atoms with Crippen molar-refractivity contribution in [1.29, 1.82) is 0 Å². The maximum absolute atomic E-state index is 11.2. The zero-order valence-electron chi connectivity index (χ0n) is 10.2. The zero-order chi connectivity index (χ0) is 11.8. The summed E-state index contributed by atoms with van der Waals surface area (Å²) in [5.41, 5.74) is 1.35. The fourth-order valence-electron chi connectivity index (χ4n) is 1.69. The number of carbonyl (C=O) groups excluding carboxylic acids is 1. The van der Waals surface area contributed by atoms with Crippen molar-refractivity contribution in [3.05, 3.63) is 23.8 Å². The molecule has 0 saturated heterocycles. The van der Waals surface area contributed by atoms with Crippen LogP contribution in [0.15, 0.2) is 23.8 Å². The maximum atomic E-state index is 11.2. The van der Waals surface area contributed by atoms with E-state index in [2.05, 4.69) is 23.1 Å². The first-order chi connectivity index (χ1) is 7.72. The molecule has 0 N–H and O–H groups in total. The molecule has 0 spiro atoms. The van der Waals surface area contributed by atoms with Crippen LogP contribution in [0.25, 0.3) is 0 Å². The average molecular weight is 223 g/mol. The van der Waals surface area contributed by atoms with Crippen LogP contribution in [0.3, 0.4) is 0 Å². The summed E-state index contributed by atoms with van der Waals surface area (Å²) < 4.78 is 4.89. The lowest BCUT2D eigenvalue weighted by atomic mass is 10.1. The molecule has 1 rings (SSSR count). The number of hydrogen-bond donors (Lipinski definition) is 0. The van der Waals surface area contributed by atoms with Gasteiger partial charge in [0.05, 0.1) is 13.0 Å². The predicted octanol–water partition coefficient (Wildman–Crippen LogP) is 2.15. The van der Waals surface area contributed by atoms with Crippen molar-refractivity contribution in [2.75, 3.05) is 26.7 Å². The van der Waals surface area contributed by atoms with Gasteiger partial charge < -0.3 is 9.64 Å². The molecule has 1 aliphatic rings. The minimum atomic E-state index is -0.109. The van der Waals surface area contributed by atoms with Crippen molar-refractivity contribution in [3.63, 3.8) is 0 Å². The first-order valence-corrected chi connectivity index (χ1v) is 5.92. The van der Waals surface area contributed by atoms with Gasteiger partial charge in [0.2, 0.25) is 0 Å². The molecule has 16 heavy (non-hydrogen) atoms. The largest absolute Gasteiger partial charge is 0.466 e. The van der Waals surface area contributed by atoms with Crippen LogP contribution in [0, 0.1) is 0 Å². The van der Waals surface area contributed by atoms with Crippen LogP contribution in [0.4, 0.5) is 0 Å². The molecule has 3 nitrogen and oxygen atoms in total. The van der Waals surface area contributed by atoms with E-state index in [9.17, 15) is 4.79 Å². The lowest BCUT2D eigenvalue weighted by Gasteiger charge is -2.17. The van der Waals surface area contributed by atoms with Crippen LogP contribution >= 0.6 is 0 Å². The minimum absolute atomic E-state index is 0.109. The normalized spacial score (nSPS) is 15.1. The van der Waals surface area contributed by atoms with Crippen molar-refractivity contribution in [2.24, 2.45) is 0 Å². The van der Waals surface area contributed by atoms with Crippen molar-refractivity contribution in [2.45, 2.75) is 26.2 Å². The van der Waals surface area contributed by atoms with E-state index in [0.29, 0.717) is 13.0 Å². The van der Waals surface area contributed by atoms with Crippen LogP contribution in [-0.4, -0.2) is 37.6 Å². The van der Waals surface area contributed by atoms with Crippen LogP contribution in [-0.2, 0) is 9.53 Å². The van der Waals surface area contributed by atoms with Crippen LogP contribution in [0.5, 0.6) is 0 Å². The van der Waals surface area contributed by atoms with Crippen molar-refractivity contribution in [3.8, 4) is 0 Å². The van der Waals surface area contributed by atoms with Gasteiger partial charge in [-0.1, -0.05) is 18.2 Å². The van der Waals surface area contributed by atoms with Crippen molar-refractivity contribution >= 4 is 5.97 Å². The third-order valence-corrected chi connectivity index (χ3v) is 2.53. The van der Waals surface area contributed by atoms with E-state index in [4.69, 9.17) is 4.74 Å². The predicted molar refractivity (Wildman–Crippen MR) is 65.2 cm³/mol. The Labute approximate surface area is 97.8 Å². The molecule has 0 aromatic carbocycles. The van der Waals surface area contributed by atoms with E-state index in [1.807, 2.05) is 14.0 Å². The molecule has 90 valence electrons. The van der Waals surface area contributed by atoms with E-state index in [-0.39, 0.29) is 5.97 Å². The summed E-state index contributed by atoms with van der Waals surface area (Å²) in [5.74, 6) is -0.109. The molecule has 0 amide bonds. The Morgan fingerprint density at radius 1 is 1.50 bits per heavy atom. The highest BCUT2D eigenvalue weighted by molar-refractivity contribution is 5.69. The van der Waals surface area contributed by atoms with Gasteiger partial charge in [0.15, 0.2) is 0 Å². The summed E-state index contributed by atoms with van der Waals surface area (Å²) in [5, 5.41) is 0. The van der Waals surface area contributed by atoms with Gasteiger partial charge in [-0.3, -0.25) is 4.79 Å². The van der Waals surface area contributed by atoms with Crippen LogP contribution in [0.2, 0.25) is 0 Å². The molecular formula is C13H21NO2. The molecular weight excluding hydrogens is 202 g/mol. The maximum Gasteiger partial charge on any atom is 0.307 e. The molecule has 0 aromatic heterocycles.